The van der Waals surface area contributed by atoms with Gasteiger partial charge in [-0.25, -0.2) is 9.37 Å². The standard InChI is InChI=1S/C14H20FN3O/c1-10-4-6-14(9-16,7-5-10)13(19)18-12-3-2-11(15)8-17-12/h2-3,8,10H,4-7,9,16H2,1H3,(H,17,18,19). The highest BCUT2D eigenvalue weighted by molar-refractivity contribution is 5.94. The number of rotatable bonds is 3. The summed E-state index contributed by atoms with van der Waals surface area (Å²) >= 11 is 0. The van der Waals surface area contributed by atoms with E-state index in [4.69, 9.17) is 5.73 Å². The molecule has 19 heavy (non-hydrogen) atoms. The third-order valence-corrected chi connectivity index (χ3v) is 4.07. The lowest BCUT2D eigenvalue weighted by Crippen LogP contribution is -2.45. The topological polar surface area (TPSA) is 68.0 Å². The molecule has 0 aromatic carbocycles. The van der Waals surface area contributed by atoms with E-state index < -0.39 is 11.2 Å². The third kappa shape index (κ3) is 3.10. The molecule has 0 atom stereocenters. The van der Waals surface area contributed by atoms with Crippen LogP contribution in [0.3, 0.4) is 0 Å². The fourth-order valence-corrected chi connectivity index (χ4v) is 2.54. The Balaban J connectivity index is 2.06. The molecular weight excluding hydrogens is 245 g/mol. The predicted molar refractivity (Wildman–Crippen MR) is 71.9 cm³/mol. The smallest absolute Gasteiger partial charge is 0.233 e. The van der Waals surface area contributed by atoms with Crippen molar-refractivity contribution in [2.75, 3.05) is 11.9 Å². The Labute approximate surface area is 112 Å². The van der Waals surface area contributed by atoms with Crippen LogP contribution >= 0.6 is 0 Å². The van der Waals surface area contributed by atoms with Gasteiger partial charge in [-0.2, -0.15) is 0 Å². The highest BCUT2D eigenvalue weighted by atomic mass is 19.1. The van der Waals surface area contributed by atoms with E-state index in [0.29, 0.717) is 18.3 Å². The molecule has 5 heteroatoms. The summed E-state index contributed by atoms with van der Waals surface area (Å²) in [6, 6.07) is 2.74. The molecule has 1 aromatic heterocycles. The summed E-state index contributed by atoms with van der Waals surface area (Å²) in [6.45, 7) is 2.53. The highest BCUT2D eigenvalue weighted by Gasteiger charge is 2.39. The van der Waals surface area contributed by atoms with Gasteiger partial charge < -0.3 is 11.1 Å². The third-order valence-electron chi connectivity index (χ3n) is 4.07. The van der Waals surface area contributed by atoms with Crippen molar-refractivity contribution in [1.82, 2.24) is 4.98 Å². The van der Waals surface area contributed by atoms with Crippen LogP contribution in [0.1, 0.15) is 32.6 Å². The zero-order chi connectivity index (χ0) is 13.9. The zero-order valence-electron chi connectivity index (χ0n) is 11.2. The number of amides is 1. The van der Waals surface area contributed by atoms with Gasteiger partial charge in [-0.15, -0.1) is 0 Å². The summed E-state index contributed by atoms with van der Waals surface area (Å²) in [5.74, 6) is 0.508. The Bertz CT molecular complexity index is 439. The van der Waals surface area contributed by atoms with Gasteiger partial charge >= 0.3 is 0 Å². The number of nitrogens with one attached hydrogen (secondary N) is 1. The van der Waals surface area contributed by atoms with Crippen LogP contribution in [-0.2, 0) is 4.79 Å². The summed E-state index contributed by atoms with van der Waals surface area (Å²) in [7, 11) is 0. The monoisotopic (exact) mass is 265 g/mol. The molecule has 1 aromatic rings. The van der Waals surface area contributed by atoms with Crippen LogP contribution in [0, 0.1) is 17.2 Å². The van der Waals surface area contributed by atoms with Gasteiger partial charge in [-0.3, -0.25) is 4.79 Å². The fraction of sp³-hybridized carbons (Fsp3) is 0.571. The van der Waals surface area contributed by atoms with Crippen molar-refractivity contribution in [1.29, 1.82) is 0 Å². The Morgan fingerprint density at radius 1 is 1.53 bits per heavy atom. The Kier molecular flexibility index (Phi) is 4.14. The quantitative estimate of drug-likeness (QED) is 0.881. The number of halogens is 1. The largest absolute Gasteiger partial charge is 0.329 e. The van der Waals surface area contributed by atoms with E-state index in [1.807, 2.05) is 0 Å². The summed E-state index contributed by atoms with van der Waals surface area (Å²) < 4.78 is 12.8. The van der Waals surface area contributed by atoms with Crippen LogP contribution in [0.5, 0.6) is 0 Å². The highest BCUT2D eigenvalue weighted by Crippen LogP contribution is 2.38. The van der Waals surface area contributed by atoms with Crippen LogP contribution in [0.25, 0.3) is 0 Å². The molecule has 1 heterocycles. The lowest BCUT2D eigenvalue weighted by atomic mass is 9.70. The van der Waals surface area contributed by atoms with Crippen molar-refractivity contribution in [3.8, 4) is 0 Å². The maximum absolute atomic E-state index is 12.8. The summed E-state index contributed by atoms with van der Waals surface area (Å²) in [5, 5.41) is 2.75. The Morgan fingerprint density at radius 2 is 2.21 bits per heavy atom. The molecule has 2 rings (SSSR count). The van der Waals surface area contributed by atoms with Crippen molar-refractivity contribution < 1.29 is 9.18 Å². The van der Waals surface area contributed by atoms with Crippen LogP contribution in [0.2, 0.25) is 0 Å². The van der Waals surface area contributed by atoms with Crippen molar-refractivity contribution in [2.45, 2.75) is 32.6 Å². The van der Waals surface area contributed by atoms with E-state index in [1.165, 1.54) is 12.1 Å². The van der Waals surface area contributed by atoms with Crippen LogP contribution in [-0.4, -0.2) is 17.4 Å². The number of hydrogen-bond donors (Lipinski definition) is 2. The molecule has 1 aliphatic rings. The molecule has 1 fully saturated rings. The molecule has 1 aliphatic carbocycles. The van der Waals surface area contributed by atoms with Crippen LogP contribution in [0.4, 0.5) is 10.2 Å². The summed E-state index contributed by atoms with van der Waals surface area (Å²) in [6.07, 6.45) is 4.73. The molecule has 1 amide bonds. The Morgan fingerprint density at radius 3 is 2.74 bits per heavy atom. The fourth-order valence-electron chi connectivity index (χ4n) is 2.54. The maximum atomic E-state index is 12.8. The number of carbonyl (C=O) groups is 1. The lowest BCUT2D eigenvalue weighted by Gasteiger charge is -2.36. The van der Waals surface area contributed by atoms with E-state index in [9.17, 15) is 9.18 Å². The van der Waals surface area contributed by atoms with Crippen LogP contribution in [0.15, 0.2) is 18.3 Å². The van der Waals surface area contributed by atoms with Gasteiger partial charge in [0.25, 0.3) is 0 Å². The summed E-state index contributed by atoms with van der Waals surface area (Å²) in [4.78, 5) is 16.2. The number of carbonyl (C=O) groups excluding carboxylic acids is 1. The molecule has 1 saturated carbocycles. The van der Waals surface area contributed by atoms with Crippen molar-refractivity contribution in [3.63, 3.8) is 0 Å². The molecule has 0 saturated heterocycles. The van der Waals surface area contributed by atoms with Gasteiger partial charge in [0.15, 0.2) is 0 Å². The molecule has 0 bridgehead atoms. The van der Waals surface area contributed by atoms with Gasteiger partial charge in [0.05, 0.1) is 11.6 Å². The van der Waals surface area contributed by atoms with Gasteiger partial charge in [0.2, 0.25) is 5.91 Å². The number of nitrogens with zero attached hydrogens (tertiary/aromatic N) is 1. The van der Waals surface area contributed by atoms with Crippen LogP contribution < -0.4 is 11.1 Å². The average molecular weight is 265 g/mol. The minimum absolute atomic E-state index is 0.0963. The normalized spacial score (nSPS) is 27.0. The van der Waals surface area contributed by atoms with E-state index in [0.717, 1.165) is 31.9 Å². The van der Waals surface area contributed by atoms with Gasteiger partial charge in [0.1, 0.15) is 11.6 Å². The molecular formula is C14H20FN3O. The van der Waals surface area contributed by atoms with Crippen molar-refractivity contribution >= 4 is 11.7 Å². The first-order chi connectivity index (χ1) is 9.05. The molecule has 3 N–H and O–H groups in total. The number of pyridine rings is 1. The van der Waals surface area contributed by atoms with Crippen molar-refractivity contribution in [3.05, 3.63) is 24.1 Å². The van der Waals surface area contributed by atoms with E-state index in [-0.39, 0.29) is 5.91 Å². The second kappa shape index (κ2) is 5.65. The average Bonchev–Trinajstić information content (AvgIpc) is 2.42. The summed E-state index contributed by atoms with van der Waals surface area (Å²) in [5.41, 5.74) is 5.32. The molecule has 4 nitrogen and oxygen atoms in total. The second-order valence-corrected chi connectivity index (χ2v) is 5.48. The second-order valence-electron chi connectivity index (χ2n) is 5.48. The van der Waals surface area contributed by atoms with E-state index in [1.54, 1.807) is 0 Å². The maximum Gasteiger partial charge on any atom is 0.233 e. The molecule has 104 valence electrons. The molecule has 0 radical (unpaired) electrons. The SMILES string of the molecule is CC1CCC(CN)(C(=O)Nc2ccc(F)cn2)CC1. The Hall–Kier alpha value is -1.49. The first-order valence-electron chi connectivity index (χ1n) is 6.69. The molecule has 0 aliphatic heterocycles. The zero-order valence-corrected chi connectivity index (χ0v) is 11.2. The predicted octanol–water partition coefficient (Wildman–Crippen LogP) is 2.31. The first kappa shape index (κ1) is 13.9. The first-order valence-corrected chi connectivity index (χ1v) is 6.69. The molecule has 0 unspecified atom stereocenters. The van der Waals surface area contributed by atoms with Crippen molar-refractivity contribution in [2.24, 2.45) is 17.1 Å². The molecule has 0 spiro atoms. The van der Waals surface area contributed by atoms with Gasteiger partial charge in [-0.1, -0.05) is 6.92 Å². The number of hydrogen-bond acceptors (Lipinski definition) is 3. The van der Waals surface area contributed by atoms with E-state index >= 15 is 0 Å². The minimum Gasteiger partial charge on any atom is -0.329 e. The minimum atomic E-state index is -0.497. The van der Waals surface area contributed by atoms with Gasteiger partial charge in [-0.05, 0) is 43.7 Å². The van der Waals surface area contributed by atoms with E-state index in [2.05, 4.69) is 17.2 Å². The number of anilines is 1. The van der Waals surface area contributed by atoms with Gasteiger partial charge in [0, 0.05) is 6.54 Å². The number of nitrogens with two attached hydrogens (primary N) is 1. The number of aromatic nitrogens is 1. The lowest BCUT2D eigenvalue weighted by molar-refractivity contribution is -0.127.